The smallest absolute Gasteiger partial charge is 0.191 e. The third kappa shape index (κ3) is 5.62. The van der Waals surface area contributed by atoms with Gasteiger partial charge in [-0.3, -0.25) is 4.99 Å². The van der Waals surface area contributed by atoms with Gasteiger partial charge >= 0.3 is 0 Å². The minimum Gasteiger partial charge on any atom is -0.496 e. The van der Waals surface area contributed by atoms with E-state index in [0.717, 1.165) is 36.5 Å². The van der Waals surface area contributed by atoms with E-state index in [9.17, 15) is 0 Å². The normalized spacial score (nSPS) is 20.9. The summed E-state index contributed by atoms with van der Waals surface area (Å²) < 4.78 is 5.46. The fraction of sp³-hybridized carbons (Fsp3) is 0.632. The Morgan fingerprint density at radius 3 is 2.88 bits per heavy atom. The lowest BCUT2D eigenvalue weighted by Gasteiger charge is -2.17. The van der Waals surface area contributed by atoms with Crippen LogP contribution < -0.4 is 15.4 Å². The molecule has 134 valence electrons. The molecule has 0 aliphatic heterocycles. The van der Waals surface area contributed by atoms with E-state index in [-0.39, 0.29) is 0 Å². The molecule has 2 rings (SSSR count). The number of rotatable bonds is 7. The van der Waals surface area contributed by atoms with Crippen LogP contribution in [-0.4, -0.2) is 43.7 Å². The van der Waals surface area contributed by atoms with Crippen molar-refractivity contribution in [2.24, 2.45) is 4.99 Å². The van der Waals surface area contributed by atoms with Gasteiger partial charge in [0.25, 0.3) is 0 Å². The van der Waals surface area contributed by atoms with E-state index in [1.807, 2.05) is 17.8 Å². The highest BCUT2D eigenvalue weighted by Gasteiger charge is 2.24. The van der Waals surface area contributed by atoms with E-state index in [1.54, 1.807) is 7.11 Å². The molecule has 0 radical (unpaired) electrons. The molecular formula is C19H31N3OS. The van der Waals surface area contributed by atoms with Crippen LogP contribution in [0.15, 0.2) is 23.2 Å². The topological polar surface area (TPSA) is 45.7 Å². The van der Waals surface area contributed by atoms with Crippen molar-refractivity contribution in [1.29, 1.82) is 0 Å². The van der Waals surface area contributed by atoms with Gasteiger partial charge in [-0.15, -0.1) is 0 Å². The summed E-state index contributed by atoms with van der Waals surface area (Å²) >= 11 is 1.98. The molecule has 1 saturated carbocycles. The van der Waals surface area contributed by atoms with Crippen LogP contribution in [0.3, 0.4) is 0 Å². The Bertz CT molecular complexity index is 547. The van der Waals surface area contributed by atoms with Crippen molar-refractivity contribution in [3.8, 4) is 5.75 Å². The highest BCUT2D eigenvalue weighted by molar-refractivity contribution is 7.99. The summed E-state index contributed by atoms with van der Waals surface area (Å²) in [5, 5.41) is 7.76. The molecule has 2 unspecified atom stereocenters. The van der Waals surface area contributed by atoms with Crippen LogP contribution in [0.2, 0.25) is 0 Å². The molecule has 0 saturated heterocycles. The van der Waals surface area contributed by atoms with Gasteiger partial charge in [-0.1, -0.05) is 17.7 Å². The van der Waals surface area contributed by atoms with Crippen LogP contribution in [0.1, 0.15) is 37.3 Å². The average Bonchev–Trinajstić information content (AvgIpc) is 3.03. The van der Waals surface area contributed by atoms with E-state index in [2.05, 4.69) is 42.9 Å². The third-order valence-electron chi connectivity index (χ3n) is 4.49. The maximum Gasteiger partial charge on any atom is 0.191 e. The van der Waals surface area contributed by atoms with Gasteiger partial charge in [0.1, 0.15) is 5.75 Å². The Labute approximate surface area is 150 Å². The van der Waals surface area contributed by atoms with Gasteiger partial charge in [0.05, 0.1) is 7.11 Å². The fourth-order valence-electron chi connectivity index (χ4n) is 3.19. The molecule has 1 aromatic rings. The van der Waals surface area contributed by atoms with Crippen molar-refractivity contribution in [1.82, 2.24) is 10.6 Å². The molecule has 2 N–H and O–H groups in total. The van der Waals surface area contributed by atoms with Crippen LogP contribution in [0.5, 0.6) is 5.75 Å². The SMILES string of the molecule is CCNC(=NCCc1cc(C)ccc1OC)NC1CCC(SC)C1. The maximum atomic E-state index is 5.46. The summed E-state index contributed by atoms with van der Waals surface area (Å²) in [5.74, 6) is 1.89. The molecule has 0 spiro atoms. The molecule has 0 heterocycles. The molecule has 5 heteroatoms. The molecular weight excluding hydrogens is 318 g/mol. The molecule has 1 aliphatic rings. The van der Waals surface area contributed by atoms with Crippen LogP contribution in [-0.2, 0) is 6.42 Å². The van der Waals surface area contributed by atoms with Gasteiger partial charge in [0.15, 0.2) is 5.96 Å². The fourth-order valence-corrected chi connectivity index (χ4v) is 3.99. The lowest BCUT2D eigenvalue weighted by atomic mass is 10.1. The zero-order chi connectivity index (χ0) is 17.4. The van der Waals surface area contributed by atoms with Crippen molar-refractivity contribution in [2.45, 2.75) is 50.8 Å². The number of guanidine groups is 1. The second kappa shape index (κ2) is 9.82. The summed E-state index contributed by atoms with van der Waals surface area (Å²) in [6.45, 7) is 5.87. The van der Waals surface area contributed by atoms with E-state index < -0.39 is 0 Å². The van der Waals surface area contributed by atoms with Gasteiger partial charge in [-0.05, 0) is 57.4 Å². The lowest BCUT2D eigenvalue weighted by molar-refractivity contribution is 0.409. The first kappa shape index (κ1) is 19.0. The van der Waals surface area contributed by atoms with Gasteiger partial charge in [-0.2, -0.15) is 11.8 Å². The molecule has 1 aromatic carbocycles. The zero-order valence-electron chi connectivity index (χ0n) is 15.4. The second-order valence-electron chi connectivity index (χ2n) is 6.34. The van der Waals surface area contributed by atoms with Gasteiger partial charge in [0, 0.05) is 24.4 Å². The van der Waals surface area contributed by atoms with E-state index in [0.29, 0.717) is 6.04 Å². The Balaban J connectivity index is 1.92. The number of nitrogens with zero attached hydrogens (tertiary/aromatic N) is 1. The van der Waals surface area contributed by atoms with Crippen LogP contribution in [0.4, 0.5) is 0 Å². The van der Waals surface area contributed by atoms with Gasteiger partial charge in [-0.25, -0.2) is 0 Å². The lowest BCUT2D eigenvalue weighted by Crippen LogP contribution is -2.42. The maximum absolute atomic E-state index is 5.46. The van der Waals surface area contributed by atoms with Crippen LogP contribution >= 0.6 is 11.8 Å². The van der Waals surface area contributed by atoms with Crippen molar-refractivity contribution < 1.29 is 4.74 Å². The first-order valence-corrected chi connectivity index (χ1v) is 10.2. The Morgan fingerprint density at radius 1 is 1.38 bits per heavy atom. The number of hydrogen-bond donors (Lipinski definition) is 2. The van der Waals surface area contributed by atoms with Crippen molar-refractivity contribution in [3.63, 3.8) is 0 Å². The molecule has 0 amide bonds. The summed E-state index contributed by atoms with van der Waals surface area (Å²) in [5.41, 5.74) is 2.48. The molecule has 0 aromatic heterocycles. The van der Waals surface area contributed by atoms with Crippen LogP contribution in [0, 0.1) is 6.92 Å². The first-order chi connectivity index (χ1) is 11.7. The number of methoxy groups -OCH3 is 1. The number of thioether (sulfide) groups is 1. The number of nitrogens with one attached hydrogen (secondary N) is 2. The average molecular weight is 350 g/mol. The van der Waals surface area contributed by atoms with E-state index >= 15 is 0 Å². The minimum atomic E-state index is 0.550. The minimum absolute atomic E-state index is 0.550. The molecule has 2 atom stereocenters. The molecule has 24 heavy (non-hydrogen) atoms. The standard InChI is InChI=1S/C19H31N3OS/c1-5-20-19(22-16-7-8-17(13-16)24-4)21-11-10-15-12-14(2)6-9-18(15)23-3/h6,9,12,16-17H,5,7-8,10-11,13H2,1-4H3,(H2,20,21,22). The van der Waals surface area contributed by atoms with Gasteiger partial charge in [0.2, 0.25) is 0 Å². The van der Waals surface area contributed by atoms with Gasteiger partial charge < -0.3 is 15.4 Å². The predicted octanol–water partition coefficient (Wildman–Crippen LogP) is 3.39. The highest BCUT2D eigenvalue weighted by Crippen LogP contribution is 2.28. The molecule has 1 aliphatic carbocycles. The summed E-state index contributed by atoms with van der Waals surface area (Å²) in [6, 6.07) is 6.86. The first-order valence-electron chi connectivity index (χ1n) is 8.87. The van der Waals surface area contributed by atoms with E-state index in [1.165, 1.54) is 30.4 Å². The number of ether oxygens (including phenoxy) is 1. The van der Waals surface area contributed by atoms with Crippen molar-refractivity contribution >= 4 is 17.7 Å². The number of benzene rings is 1. The Morgan fingerprint density at radius 2 is 2.21 bits per heavy atom. The predicted molar refractivity (Wildman–Crippen MR) is 105 cm³/mol. The third-order valence-corrected chi connectivity index (χ3v) is 5.58. The molecule has 0 bridgehead atoms. The number of aliphatic imine (C=N–C) groups is 1. The largest absolute Gasteiger partial charge is 0.496 e. The Kier molecular flexibility index (Phi) is 7.76. The molecule has 1 fully saturated rings. The van der Waals surface area contributed by atoms with Crippen molar-refractivity contribution in [2.75, 3.05) is 26.5 Å². The highest BCUT2D eigenvalue weighted by atomic mass is 32.2. The zero-order valence-corrected chi connectivity index (χ0v) is 16.2. The number of aryl methyl sites for hydroxylation is 1. The second-order valence-corrected chi connectivity index (χ2v) is 7.48. The quantitative estimate of drug-likeness (QED) is 0.585. The monoisotopic (exact) mass is 349 g/mol. The van der Waals surface area contributed by atoms with Crippen molar-refractivity contribution in [3.05, 3.63) is 29.3 Å². The summed E-state index contributed by atoms with van der Waals surface area (Å²) in [6.07, 6.45) is 6.87. The Hall–Kier alpha value is -1.36. The van der Waals surface area contributed by atoms with E-state index in [4.69, 9.17) is 9.73 Å². The summed E-state index contributed by atoms with van der Waals surface area (Å²) in [4.78, 5) is 4.76. The van der Waals surface area contributed by atoms with Crippen LogP contribution in [0.25, 0.3) is 0 Å². The molecule has 4 nitrogen and oxygen atoms in total. The number of hydrogen-bond acceptors (Lipinski definition) is 3. The summed E-state index contributed by atoms with van der Waals surface area (Å²) in [7, 11) is 1.73.